The first kappa shape index (κ1) is 31.3. The third-order valence-electron chi connectivity index (χ3n) is 6.70. The molecule has 0 nitrogen and oxygen atoms in total. The van der Waals surface area contributed by atoms with Crippen molar-refractivity contribution in [1.82, 2.24) is 0 Å². The second kappa shape index (κ2) is 10.8. The summed E-state index contributed by atoms with van der Waals surface area (Å²) in [6.07, 6.45) is 0. The van der Waals surface area contributed by atoms with E-state index in [2.05, 4.69) is 103 Å². The fourth-order valence-corrected chi connectivity index (χ4v) is 42.0. The number of hydrogen-bond acceptors (Lipinski definition) is 0. The normalized spacial score (nSPS) is 13.8. The SMILES string of the molecule is C[Si](C)(C)c1cc2c([se]1)[se]c1[se]c([Si](C)(C)C)cc12.C[Si](C)(C)c1cc2c([se]1)[se]c1[se]c([Si](C)(C)C)cc12. The Morgan fingerprint density at radius 1 is 0.316 bits per heavy atom. The van der Waals surface area contributed by atoms with Gasteiger partial charge >= 0.3 is 272 Å². The van der Waals surface area contributed by atoms with Gasteiger partial charge in [0.15, 0.2) is 0 Å². The monoisotopic (exact) mass is 968 g/mol. The van der Waals surface area contributed by atoms with Crippen LogP contribution in [0.4, 0.5) is 0 Å². The zero-order valence-corrected chi connectivity index (χ0v) is 39.0. The Bertz CT molecular complexity index is 1500. The molecule has 0 fully saturated rings. The molecule has 0 unspecified atom stereocenters. The maximum atomic E-state index is 2.62. The quantitative estimate of drug-likeness (QED) is 0.229. The topological polar surface area (TPSA) is 0 Å². The summed E-state index contributed by atoms with van der Waals surface area (Å²) in [6, 6.07) is 10.5. The summed E-state index contributed by atoms with van der Waals surface area (Å²) in [5.74, 6) is 0. The van der Waals surface area contributed by atoms with Gasteiger partial charge in [-0.15, -0.1) is 0 Å². The molecule has 10 heteroatoms. The first-order chi connectivity index (χ1) is 17.3. The van der Waals surface area contributed by atoms with Crippen molar-refractivity contribution in [3.05, 3.63) is 24.3 Å². The molecule has 0 aliphatic rings. The Balaban J connectivity index is 0.000000155. The Morgan fingerprint density at radius 3 is 0.658 bits per heavy atom. The van der Waals surface area contributed by atoms with Crippen molar-refractivity contribution in [2.24, 2.45) is 0 Å². The Kier molecular flexibility index (Phi) is 8.91. The summed E-state index contributed by atoms with van der Waals surface area (Å²) in [5.41, 5.74) is 0. The van der Waals surface area contributed by atoms with E-state index in [0.717, 1.165) is 29.0 Å². The number of fused-ring (bicyclic) bond motifs is 6. The van der Waals surface area contributed by atoms with Gasteiger partial charge in [-0.05, 0) is 0 Å². The molecule has 38 heavy (non-hydrogen) atoms. The standard InChI is InChI=1S/2C14H20Se3Si2/c2*1-18(2,3)11-7-9-10-8-12(19(4,5)6)16-14(10)17-13(9)15-11/h2*7-8H,1-6H3. The van der Waals surface area contributed by atoms with Crippen molar-refractivity contribution < 1.29 is 0 Å². The van der Waals surface area contributed by atoms with Crippen molar-refractivity contribution in [2.45, 2.75) is 78.6 Å². The van der Waals surface area contributed by atoms with Crippen LogP contribution in [0.3, 0.4) is 0 Å². The molecule has 6 rings (SSSR count). The van der Waals surface area contributed by atoms with Crippen LogP contribution in [0.15, 0.2) is 24.3 Å². The molecule has 6 aromatic rings. The van der Waals surface area contributed by atoms with Crippen LogP contribution < -0.4 is 16.2 Å². The van der Waals surface area contributed by atoms with E-state index in [1.807, 2.05) is 28.8 Å². The third kappa shape index (κ3) is 6.39. The summed E-state index contributed by atoms with van der Waals surface area (Å²) >= 11 is 4.31. The molecule has 0 aliphatic heterocycles. The van der Waals surface area contributed by atoms with E-state index in [9.17, 15) is 0 Å². The second-order valence-corrected chi connectivity index (χ2v) is 56.2. The molecule has 6 heterocycles. The summed E-state index contributed by atoms with van der Waals surface area (Å²) < 4.78 is 14.9. The molecule has 0 bridgehead atoms. The second-order valence-electron chi connectivity index (χ2n) is 14.5. The van der Waals surface area contributed by atoms with Crippen LogP contribution >= 0.6 is 0 Å². The van der Waals surface area contributed by atoms with E-state index in [1.165, 1.54) is 0 Å². The van der Waals surface area contributed by atoms with Crippen LogP contribution in [0.2, 0.25) is 78.6 Å². The fraction of sp³-hybridized carbons (Fsp3) is 0.429. The van der Waals surface area contributed by atoms with E-state index >= 15 is 0 Å². The minimum atomic E-state index is -1.06. The molecule has 0 saturated carbocycles. The minimum absolute atomic E-state index is 0.716. The molecule has 204 valence electrons. The molecule has 0 saturated heterocycles. The molecule has 0 spiro atoms. The van der Waals surface area contributed by atoms with E-state index in [0.29, 0.717) is 58.0 Å². The molecule has 0 amide bonds. The van der Waals surface area contributed by atoms with Crippen LogP contribution in [-0.2, 0) is 0 Å². The van der Waals surface area contributed by atoms with E-state index in [4.69, 9.17) is 0 Å². The summed E-state index contributed by atoms with van der Waals surface area (Å²) in [5, 5.41) is 6.79. The fourth-order valence-electron chi connectivity index (χ4n) is 4.20. The van der Waals surface area contributed by atoms with Crippen LogP contribution in [0, 0.1) is 0 Å². The van der Waals surface area contributed by atoms with Gasteiger partial charge in [0, 0.05) is 0 Å². The van der Waals surface area contributed by atoms with Crippen LogP contribution in [0.1, 0.15) is 0 Å². The van der Waals surface area contributed by atoms with Gasteiger partial charge < -0.3 is 0 Å². The molecule has 6 aromatic heterocycles. The third-order valence-corrected chi connectivity index (χ3v) is 47.6. The zero-order valence-electron chi connectivity index (χ0n) is 24.8. The predicted octanol–water partition coefficient (Wildman–Crippen LogP) is 4.51. The van der Waals surface area contributed by atoms with Gasteiger partial charge in [-0.3, -0.25) is 0 Å². The molecular weight excluding hydrogens is 922 g/mol. The van der Waals surface area contributed by atoms with Crippen molar-refractivity contribution in [2.75, 3.05) is 0 Å². The average molecular weight is 963 g/mol. The van der Waals surface area contributed by atoms with E-state index < -0.39 is 32.3 Å². The number of hydrogen-bond donors (Lipinski definition) is 0. The summed E-state index contributed by atoms with van der Waals surface area (Å²) in [4.78, 5) is 0. The number of rotatable bonds is 4. The first-order valence-electron chi connectivity index (χ1n) is 13.3. The van der Waals surface area contributed by atoms with Crippen LogP contribution in [-0.4, -0.2) is 119 Å². The molecule has 0 aromatic carbocycles. The van der Waals surface area contributed by atoms with Crippen molar-refractivity contribution in [3.63, 3.8) is 0 Å². The van der Waals surface area contributed by atoms with Gasteiger partial charge in [0.1, 0.15) is 0 Å². The zero-order chi connectivity index (χ0) is 28.0. The van der Waals surface area contributed by atoms with Gasteiger partial charge in [-0.1, -0.05) is 0 Å². The Morgan fingerprint density at radius 2 is 0.500 bits per heavy atom. The first-order valence-corrected chi connectivity index (χ1v) is 37.5. The van der Waals surface area contributed by atoms with Crippen molar-refractivity contribution in [1.29, 1.82) is 0 Å². The maximum absolute atomic E-state index is 2.62. The van der Waals surface area contributed by atoms with Crippen LogP contribution in [0.5, 0.6) is 0 Å². The molecule has 0 N–H and O–H groups in total. The van der Waals surface area contributed by atoms with Gasteiger partial charge in [-0.2, -0.15) is 0 Å². The van der Waals surface area contributed by atoms with Crippen molar-refractivity contribution >= 4 is 170 Å². The Labute approximate surface area is 269 Å². The van der Waals surface area contributed by atoms with Gasteiger partial charge in [0.2, 0.25) is 0 Å². The molecule has 0 aliphatic carbocycles. The van der Waals surface area contributed by atoms with E-state index in [1.54, 1.807) is 21.5 Å². The summed E-state index contributed by atoms with van der Waals surface area (Å²) in [7, 11) is -4.24. The average Bonchev–Trinajstić information content (AvgIpc) is 3.51. The van der Waals surface area contributed by atoms with Crippen molar-refractivity contribution in [3.8, 4) is 0 Å². The molecular formula is C28H40Se6Si4. The van der Waals surface area contributed by atoms with Crippen LogP contribution in [0.25, 0.3) is 34.1 Å². The van der Waals surface area contributed by atoms with Gasteiger partial charge in [0.05, 0.1) is 0 Å². The summed E-state index contributed by atoms with van der Waals surface area (Å²) in [6.45, 7) is 30.1. The van der Waals surface area contributed by atoms with Gasteiger partial charge in [-0.25, -0.2) is 0 Å². The van der Waals surface area contributed by atoms with Gasteiger partial charge in [0.25, 0.3) is 0 Å². The Hall–Kier alpha value is 1.90. The molecule has 0 radical (unpaired) electrons. The molecule has 0 atom stereocenters. The van der Waals surface area contributed by atoms with E-state index in [-0.39, 0.29) is 0 Å². The predicted molar refractivity (Wildman–Crippen MR) is 196 cm³/mol.